The normalized spacial score (nSPS) is 12.9. The van der Waals surface area contributed by atoms with Gasteiger partial charge in [0.2, 0.25) is 0 Å². The highest BCUT2D eigenvalue weighted by Gasteiger charge is 2.12. The first kappa shape index (κ1) is 13.4. The summed E-state index contributed by atoms with van der Waals surface area (Å²) in [6, 6.07) is 5.37. The van der Waals surface area contributed by atoms with E-state index in [-0.39, 0.29) is 6.04 Å². The Morgan fingerprint density at radius 3 is 2.69 bits per heavy atom. The van der Waals surface area contributed by atoms with E-state index < -0.39 is 13.0 Å². The van der Waals surface area contributed by atoms with E-state index in [9.17, 15) is 8.78 Å². The number of ether oxygens (including phenoxy) is 1. The fourth-order valence-electron chi connectivity index (χ4n) is 1.30. The van der Waals surface area contributed by atoms with E-state index in [4.69, 9.17) is 4.74 Å². The van der Waals surface area contributed by atoms with Crippen molar-refractivity contribution in [1.29, 1.82) is 0 Å². The van der Waals surface area contributed by atoms with E-state index in [1.807, 2.05) is 20.0 Å². The second kappa shape index (κ2) is 6.15. The first-order valence-electron chi connectivity index (χ1n) is 4.92. The third-order valence-electron chi connectivity index (χ3n) is 2.24. The van der Waals surface area contributed by atoms with Crippen molar-refractivity contribution in [3.8, 4) is 5.75 Å². The van der Waals surface area contributed by atoms with Crippen LogP contribution in [0.15, 0.2) is 22.7 Å². The lowest BCUT2D eigenvalue weighted by molar-refractivity contribution is 0.0812. The maximum absolute atomic E-state index is 12.1. The summed E-state index contributed by atoms with van der Waals surface area (Å²) in [5.74, 6) is 0.491. The standard InChI is InChI=1S/C11H14BrF2NO/c1-7(15-2)9-5-8(12)3-4-10(9)16-6-11(13)14/h3-5,7,11,15H,6H2,1-2H3. The summed E-state index contributed by atoms with van der Waals surface area (Å²) in [6.45, 7) is 1.36. The monoisotopic (exact) mass is 293 g/mol. The highest BCUT2D eigenvalue weighted by atomic mass is 79.9. The van der Waals surface area contributed by atoms with Crippen molar-refractivity contribution >= 4 is 15.9 Å². The van der Waals surface area contributed by atoms with E-state index in [0.717, 1.165) is 10.0 Å². The second-order valence-electron chi connectivity index (χ2n) is 3.39. The fraction of sp³-hybridized carbons (Fsp3) is 0.455. The Balaban J connectivity index is 2.89. The summed E-state index contributed by atoms with van der Waals surface area (Å²) in [5.41, 5.74) is 0.859. The van der Waals surface area contributed by atoms with Gasteiger partial charge in [-0.2, -0.15) is 0 Å². The Morgan fingerprint density at radius 2 is 2.12 bits per heavy atom. The number of nitrogens with one attached hydrogen (secondary N) is 1. The third kappa shape index (κ3) is 3.72. The minimum Gasteiger partial charge on any atom is -0.487 e. The Hall–Kier alpha value is -0.680. The molecule has 5 heteroatoms. The number of hydrogen-bond acceptors (Lipinski definition) is 2. The SMILES string of the molecule is CNC(C)c1cc(Br)ccc1OCC(F)F. The molecule has 0 fully saturated rings. The molecule has 0 saturated carbocycles. The molecular weight excluding hydrogens is 280 g/mol. The highest BCUT2D eigenvalue weighted by Crippen LogP contribution is 2.28. The van der Waals surface area contributed by atoms with Gasteiger partial charge in [0.25, 0.3) is 6.43 Å². The molecule has 2 nitrogen and oxygen atoms in total. The van der Waals surface area contributed by atoms with Gasteiger partial charge in [0.1, 0.15) is 12.4 Å². The molecule has 0 saturated heterocycles. The van der Waals surface area contributed by atoms with Crippen LogP contribution in [-0.2, 0) is 0 Å². The molecule has 1 rings (SSSR count). The highest BCUT2D eigenvalue weighted by molar-refractivity contribution is 9.10. The molecule has 0 aliphatic carbocycles. The Labute approximate surface area is 102 Å². The van der Waals surface area contributed by atoms with Crippen LogP contribution in [0.25, 0.3) is 0 Å². The number of halogens is 3. The fourth-order valence-corrected chi connectivity index (χ4v) is 1.68. The summed E-state index contributed by atoms with van der Waals surface area (Å²) in [7, 11) is 1.81. The summed E-state index contributed by atoms with van der Waals surface area (Å²) >= 11 is 3.34. The number of rotatable bonds is 5. The van der Waals surface area contributed by atoms with E-state index in [1.54, 1.807) is 12.1 Å². The van der Waals surface area contributed by atoms with Crippen molar-refractivity contribution in [2.45, 2.75) is 19.4 Å². The first-order valence-corrected chi connectivity index (χ1v) is 5.71. The predicted octanol–water partition coefficient (Wildman–Crippen LogP) is 3.37. The Bertz CT molecular complexity index is 347. The molecule has 0 radical (unpaired) electrons. The zero-order chi connectivity index (χ0) is 12.1. The predicted molar refractivity (Wildman–Crippen MR) is 63.1 cm³/mol. The lowest BCUT2D eigenvalue weighted by Crippen LogP contribution is -2.15. The quantitative estimate of drug-likeness (QED) is 0.899. The molecule has 0 spiro atoms. The maximum Gasteiger partial charge on any atom is 0.272 e. The zero-order valence-corrected chi connectivity index (χ0v) is 10.7. The van der Waals surface area contributed by atoms with Gasteiger partial charge in [-0.05, 0) is 32.2 Å². The van der Waals surface area contributed by atoms with Gasteiger partial charge in [-0.25, -0.2) is 8.78 Å². The van der Waals surface area contributed by atoms with Gasteiger partial charge in [0.15, 0.2) is 0 Å². The van der Waals surface area contributed by atoms with Crippen molar-refractivity contribution in [2.75, 3.05) is 13.7 Å². The smallest absolute Gasteiger partial charge is 0.272 e. The van der Waals surface area contributed by atoms with Crippen LogP contribution >= 0.6 is 15.9 Å². The van der Waals surface area contributed by atoms with E-state index in [1.165, 1.54) is 0 Å². The van der Waals surface area contributed by atoms with Crippen molar-refractivity contribution < 1.29 is 13.5 Å². The lowest BCUT2D eigenvalue weighted by Gasteiger charge is -2.16. The van der Waals surface area contributed by atoms with Crippen LogP contribution in [0.5, 0.6) is 5.75 Å². The van der Waals surface area contributed by atoms with Crippen molar-refractivity contribution in [3.63, 3.8) is 0 Å². The number of alkyl halides is 2. The molecule has 16 heavy (non-hydrogen) atoms. The van der Waals surface area contributed by atoms with E-state index in [0.29, 0.717) is 5.75 Å². The average Bonchev–Trinajstić information content (AvgIpc) is 2.26. The van der Waals surface area contributed by atoms with Crippen LogP contribution in [0.2, 0.25) is 0 Å². The zero-order valence-electron chi connectivity index (χ0n) is 9.14. The molecule has 1 unspecified atom stereocenters. The van der Waals surface area contributed by atoms with Crippen LogP contribution in [0, 0.1) is 0 Å². The van der Waals surface area contributed by atoms with Crippen molar-refractivity contribution in [1.82, 2.24) is 5.32 Å². The van der Waals surface area contributed by atoms with Crippen molar-refractivity contribution in [2.24, 2.45) is 0 Å². The molecule has 1 aromatic rings. The van der Waals surface area contributed by atoms with E-state index in [2.05, 4.69) is 21.2 Å². The van der Waals surface area contributed by atoms with Gasteiger partial charge in [-0.1, -0.05) is 15.9 Å². The van der Waals surface area contributed by atoms with Gasteiger partial charge in [0, 0.05) is 16.1 Å². The second-order valence-corrected chi connectivity index (χ2v) is 4.31. The molecule has 0 heterocycles. The Morgan fingerprint density at radius 1 is 1.44 bits per heavy atom. The summed E-state index contributed by atoms with van der Waals surface area (Å²) in [4.78, 5) is 0. The number of hydrogen-bond donors (Lipinski definition) is 1. The molecule has 1 aromatic carbocycles. The third-order valence-corrected chi connectivity index (χ3v) is 2.73. The maximum atomic E-state index is 12.1. The van der Waals surface area contributed by atoms with Gasteiger partial charge < -0.3 is 10.1 Å². The summed E-state index contributed by atoms with van der Waals surface area (Å²) in [6.07, 6.45) is -2.46. The van der Waals surface area contributed by atoms with Gasteiger partial charge in [0.05, 0.1) is 0 Å². The average molecular weight is 294 g/mol. The molecule has 0 aliphatic heterocycles. The largest absolute Gasteiger partial charge is 0.487 e. The summed E-state index contributed by atoms with van der Waals surface area (Å²) in [5, 5.41) is 3.05. The Kier molecular flexibility index (Phi) is 5.15. The van der Waals surface area contributed by atoms with Crippen molar-refractivity contribution in [3.05, 3.63) is 28.2 Å². The van der Waals surface area contributed by atoms with Crippen LogP contribution in [0.3, 0.4) is 0 Å². The van der Waals surface area contributed by atoms with Crippen LogP contribution in [0.1, 0.15) is 18.5 Å². The van der Waals surface area contributed by atoms with Gasteiger partial charge in [-0.15, -0.1) is 0 Å². The molecule has 0 amide bonds. The van der Waals surface area contributed by atoms with Crippen LogP contribution < -0.4 is 10.1 Å². The van der Waals surface area contributed by atoms with E-state index >= 15 is 0 Å². The molecule has 1 atom stereocenters. The summed E-state index contributed by atoms with van der Waals surface area (Å²) < 4.78 is 30.1. The number of benzene rings is 1. The topological polar surface area (TPSA) is 21.3 Å². The molecule has 90 valence electrons. The molecule has 0 aliphatic rings. The van der Waals surface area contributed by atoms with Crippen LogP contribution in [0.4, 0.5) is 8.78 Å². The minimum absolute atomic E-state index is 0.0465. The molecule has 1 N–H and O–H groups in total. The molecule has 0 bridgehead atoms. The van der Waals surface area contributed by atoms with Crippen LogP contribution in [-0.4, -0.2) is 20.1 Å². The molecule has 0 aromatic heterocycles. The molecular formula is C11H14BrF2NO. The lowest BCUT2D eigenvalue weighted by atomic mass is 10.1. The van der Waals surface area contributed by atoms with Gasteiger partial charge >= 0.3 is 0 Å². The minimum atomic E-state index is -2.46. The van der Waals surface area contributed by atoms with Gasteiger partial charge in [-0.3, -0.25) is 0 Å². The first-order chi connectivity index (χ1) is 7.54.